The van der Waals surface area contributed by atoms with E-state index in [1.807, 2.05) is 48.5 Å². The Labute approximate surface area is 136 Å². The van der Waals surface area contributed by atoms with Gasteiger partial charge in [0.05, 0.1) is 0 Å². The van der Waals surface area contributed by atoms with E-state index in [0.717, 1.165) is 15.6 Å². The molecule has 0 aromatic heterocycles. The highest BCUT2D eigenvalue weighted by Crippen LogP contribution is 2.49. The summed E-state index contributed by atoms with van der Waals surface area (Å²) in [7, 11) is 0. The fraction of sp³-hybridized carbons (Fsp3) is 0. The standard InChI is InChI=1S/C16H10Cl2S2/c17-13-5-1-11(2-6-13)9-16-19-10-15(20-16)12-3-7-14(18)8-4-12/h1-10H/b16-9-. The van der Waals surface area contributed by atoms with E-state index >= 15 is 0 Å². The van der Waals surface area contributed by atoms with Crippen LogP contribution in [-0.4, -0.2) is 0 Å². The number of rotatable bonds is 2. The third-order valence-corrected chi connectivity index (χ3v) is 5.56. The highest BCUT2D eigenvalue weighted by molar-refractivity contribution is 8.31. The second-order valence-electron chi connectivity index (χ2n) is 4.22. The normalized spacial score (nSPS) is 16.5. The first-order valence-corrected chi connectivity index (χ1v) is 8.44. The van der Waals surface area contributed by atoms with Gasteiger partial charge in [0.25, 0.3) is 0 Å². The van der Waals surface area contributed by atoms with Crippen LogP contribution in [0.15, 0.2) is 58.2 Å². The summed E-state index contributed by atoms with van der Waals surface area (Å²) in [5.41, 5.74) is 2.36. The average Bonchev–Trinajstić information content (AvgIpc) is 2.91. The molecule has 0 fully saturated rings. The molecule has 2 aromatic rings. The van der Waals surface area contributed by atoms with Crippen LogP contribution >= 0.6 is 46.7 Å². The van der Waals surface area contributed by atoms with E-state index in [0.29, 0.717) is 0 Å². The maximum Gasteiger partial charge on any atom is 0.0499 e. The molecule has 1 aliphatic heterocycles. The van der Waals surface area contributed by atoms with Gasteiger partial charge in [-0.1, -0.05) is 71.0 Å². The Morgan fingerprint density at radius 1 is 0.800 bits per heavy atom. The molecule has 0 N–H and O–H groups in total. The molecule has 2 aromatic carbocycles. The molecule has 0 bridgehead atoms. The maximum atomic E-state index is 5.91. The molecule has 1 heterocycles. The fourth-order valence-electron chi connectivity index (χ4n) is 1.77. The maximum absolute atomic E-state index is 5.91. The second-order valence-corrected chi connectivity index (χ2v) is 7.35. The monoisotopic (exact) mass is 336 g/mol. The Hall–Kier alpha value is -0.800. The SMILES string of the molecule is Clc1ccc(/C=C2/SC=C(c3ccc(Cl)cc3)S2)cc1. The molecule has 3 rings (SSSR count). The summed E-state index contributed by atoms with van der Waals surface area (Å²) >= 11 is 15.3. The third-order valence-electron chi connectivity index (χ3n) is 2.78. The van der Waals surface area contributed by atoms with Gasteiger partial charge < -0.3 is 0 Å². The molecular weight excluding hydrogens is 327 g/mol. The van der Waals surface area contributed by atoms with Crippen LogP contribution in [0.2, 0.25) is 10.0 Å². The minimum Gasteiger partial charge on any atom is -0.0895 e. The molecule has 0 amide bonds. The van der Waals surface area contributed by atoms with Gasteiger partial charge >= 0.3 is 0 Å². The van der Waals surface area contributed by atoms with E-state index in [1.54, 1.807) is 23.5 Å². The van der Waals surface area contributed by atoms with Crippen molar-refractivity contribution in [2.45, 2.75) is 0 Å². The van der Waals surface area contributed by atoms with Crippen LogP contribution in [0.5, 0.6) is 0 Å². The summed E-state index contributed by atoms with van der Waals surface area (Å²) in [5, 5.41) is 3.70. The van der Waals surface area contributed by atoms with Gasteiger partial charge in [-0.3, -0.25) is 0 Å². The van der Waals surface area contributed by atoms with Crippen LogP contribution in [0.1, 0.15) is 11.1 Å². The zero-order chi connectivity index (χ0) is 13.9. The smallest absolute Gasteiger partial charge is 0.0499 e. The van der Waals surface area contributed by atoms with Gasteiger partial charge in [0.1, 0.15) is 0 Å². The van der Waals surface area contributed by atoms with Crippen molar-refractivity contribution in [1.82, 2.24) is 0 Å². The van der Waals surface area contributed by atoms with Gasteiger partial charge in [-0.2, -0.15) is 0 Å². The van der Waals surface area contributed by atoms with Crippen LogP contribution < -0.4 is 0 Å². The predicted octanol–water partition coefficient (Wildman–Crippen LogP) is 6.77. The van der Waals surface area contributed by atoms with Gasteiger partial charge in [0.15, 0.2) is 0 Å². The zero-order valence-corrected chi connectivity index (χ0v) is 13.5. The molecule has 0 radical (unpaired) electrons. The van der Waals surface area contributed by atoms with Crippen molar-refractivity contribution < 1.29 is 0 Å². The minimum absolute atomic E-state index is 0.763. The molecule has 0 spiro atoms. The van der Waals surface area contributed by atoms with E-state index < -0.39 is 0 Å². The summed E-state index contributed by atoms with van der Waals surface area (Å²) in [6, 6.07) is 15.8. The third kappa shape index (κ3) is 3.44. The lowest BCUT2D eigenvalue weighted by Crippen LogP contribution is -1.76. The first kappa shape index (κ1) is 14.2. The Morgan fingerprint density at radius 2 is 1.40 bits per heavy atom. The minimum atomic E-state index is 0.763. The number of benzene rings is 2. The molecule has 1 aliphatic rings. The Bertz CT molecular complexity index is 671. The highest BCUT2D eigenvalue weighted by Gasteiger charge is 2.13. The van der Waals surface area contributed by atoms with E-state index in [4.69, 9.17) is 23.2 Å². The molecule has 20 heavy (non-hydrogen) atoms. The molecule has 0 aliphatic carbocycles. The van der Waals surface area contributed by atoms with Gasteiger partial charge in [-0.15, -0.1) is 0 Å². The summed E-state index contributed by atoms with van der Waals surface area (Å²) in [6.45, 7) is 0. The molecule has 0 atom stereocenters. The van der Waals surface area contributed by atoms with E-state index in [1.165, 1.54) is 14.7 Å². The van der Waals surface area contributed by atoms with E-state index in [-0.39, 0.29) is 0 Å². The van der Waals surface area contributed by atoms with Crippen molar-refractivity contribution in [3.8, 4) is 0 Å². The number of thioether (sulfide) groups is 2. The highest BCUT2D eigenvalue weighted by atomic mass is 35.5. The molecule has 0 unspecified atom stereocenters. The lowest BCUT2D eigenvalue weighted by molar-refractivity contribution is 1.65. The Kier molecular flexibility index (Phi) is 4.47. The van der Waals surface area contributed by atoms with Crippen LogP contribution in [0.4, 0.5) is 0 Å². The number of halogens is 2. The second kappa shape index (κ2) is 6.31. The van der Waals surface area contributed by atoms with E-state index in [9.17, 15) is 0 Å². The summed E-state index contributed by atoms with van der Waals surface area (Å²) in [4.78, 5) is 1.26. The van der Waals surface area contributed by atoms with Crippen LogP contribution in [-0.2, 0) is 0 Å². The summed E-state index contributed by atoms with van der Waals surface area (Å²) < 4.78 is 1.26. The molecule has 0 saturated heterocycles. The summed E-state index contributed by atoms with van der Waals surface area (Å²) in [5.74, 6) is 0. The molecule has 0 saturated carbocycles. The Balaban J connectivity index is 1.75. The van der Waals surface area contributed by atoms with Crippen molar-refractivity contribution in [2.75, 3.05) is 0 Å². The summed E-state index contributed by atoms with van der Waals surface area (Å²) in [6.07, 6.45) is 2.17. The van der Waals surface area contributed by atoms with Crippen LogP contribution in [0, 0.1) is 0 Å². The van der Waals surface area contributed by atoms with Gasteiger partial charge in [0, 0.05) is 19.2 Å². The van der Waals surface area contributed by atoms with E-state index in [2.05, 4.69) is 11.5 Å². The average molecular weight is 337 g/mol. The molecular formula is C16H10Cl2S2. The van der Waals surface area contributed by atoms with Crippen molar-refractivity contribution in [2.24, 2.45) is 0 Å². The van der Waals surface area contributed by atoms with Crippen molar-refractivity contribution in [3.05, 3.63) is 79.3 Å². The Morgan fingerprint density at radius 3 is 2.05 bits per heavy atom. The molecule has 4 heteroatoms. The molecule has 100 valence electrons. The number of hydrogen-bond donors (Lipinski definition) is 0. The van der Waals surface area contributed by atoms with Crippen molar-refractivity contribution in [3.63, 3.8) is 0 Å². The predicted molar refractivity (Wildman–Crippen MR) is 94.0 cm³/mol. The largest absolute Gasteiger partial charge is 0.0895 e. The number of hydrogen-bond acceptors (Lipinski definition) is 2. The first-order valence-electron chi connectivity index (χ1n) is 5.98. The van der Waals surface area contributed by atoms with Crippen molar-refractivity contribution in [1.29, 1.82) is 0 Å². The van der Waals surface area contributed by atoms with Gasteiger partial charge in [-0.25, -0.2) is 0 Å². The van der Waals surface area contributed by atoms with Gasteiger partial charge in [0.2, 0.25) is 0 Å². The van der Waals surface area contributed by atoms with Crippen molar-refractivity contribution >= 4 is 57.7 Å². The van der Waals surface area contributed by atoms with Crippen LogP contribution in [0.3, 0.4) is 0 Å². The zero-order valence-electron chi connectivity index (χ0n) is 10.3. The molecule has 0 nitrogen and oxygen atoms in total. The van der Waals surface area contributed by atoms with Gasteiger partial charge in [-0.05, 0) is 46.9 Å². The lowest BCUT2D eigenvalue weighted by Gasteiger charge is -2.01. The van der Waals surface area contributed by atoms with Crippen LogP contribution in [0.25, 0.3) is 11.0 Å². The fourth-order valence-corrected chi connectivity index (χ4v) is 4.19. The topological polar surface area (TPSA) is 0 Å². The lowest BCUT2D eigenvalue weighted by atomic mass is 10.2. The first-order chi connectivity index (χ1) is 9.70. The quantitative estimate of drug-likeness (QED) is 0.593.